The normalized spacial score (nSPS) is 32.4. The summed E-state index contributed by atoms with van der Waals surface area (Å²) >= 11 is 0. The van der Waals surface area contributed by atoms with E-state index in [1.807, 2.05) is 0 Å². The van der Waals surface area contributed by atoms with Gasteiger partial charge in [-0.1, -0.05) is 13.8 Å². The minimum absolute atomic E-state index is 0.0374. The van der Waals surface area contributed by atoms with Crippen LogP contribution in [-0.2, 0) is 4.74 Å². The van der Waals surface area contributed by atoms with Gasteiger partial charge in [-0.05, 0) is 18.8 Å². The molecule has 1 aliphatic rings. The van der Waals surface area contributed by atoms with Crippen molar-refractivity contribution in [1.82, 2.24) is 0 Å². The monoisotopic (exact) mass is 144 g/mol. The molecule has 2 heteroatoms. The maximum absolute atomic E-state index is 8.74. The summed E-state index contributed by atoms with van der Waals surface area (Å²) in [4.78, 5) is 0. The summed E-state index contributed by atoms with van der Waals surface area (Å²) in [6.07, 6.45) is 0.823. The summed E-state index contributed by atoms with van der Waals surface area (Å²) in [5, 5.41) is 8.74. The molecule has 1 rings (SSSR count). The molecule has 1 saturated heterocycles. The van der Waals surface area contributed by atoms with Crippen LogP contribution in [0.15, 0.2) is 0 Å². The maximum Gasteiger partial charge on any atom is 0.0939 e. The average molecular weight is 144 g/mol. The lowest BCUT2D eigenvalue weighted by Crippen LogP contribution is -2.30. The number of hydrogen-bond donors (Lipinski definition) is 1. The molecular formula is C8H16O2. The Morgan fingerprint density at radius 2 is 2.10 bits per heavy atom. The molecule has 1 N–H and O–H groups in total. The molecule has 0 aromatic carbocycles. The van der Waals surface area contributed by atoms with Gasteiger partial charge in [0.1, 0.15) is 0 Å². The third-order valence-corrected chi connectivity index (χ3v) is 2.75. The number of rotatable bonds is 3. The fourth-order valence-electron chi connectivity index (χ4n) is 1.04. The molecule has 1 atom stereocenters. The first kappa shape index (κ1) is 8.02. The molecule has 1 fully saturated rings. The average Bonchev–Trinajstić information content (AvgIpc) is 2.49. The van der Waals surface area contributed by atoms with E-state index in [0.717, 1.165) is 13.0 Å². The molecule has 0 bridgehead atoms. The van der Waals surface area contributed by atoms with Crippen molar-refractivity contribution in [3.8, 4) is 0 Å². The van der Waals surface area contributed by atoms with Gasteiger partial charge in [-0.15, -0.1) is 0 Å². The molecular weight excluding hydrogens is 128 g/mol. The Labute approximate surface area is 62.2 Å². The number of ether oxygens (including phenoxy) is 1. The number of aliphatic hydroxyl groups is 1. The minimum Gasteiger partial charge on any atom is -0.396 e. The van der Waals surface area contributed by atoms with E-state index in [0.29, 0.717) is 0 Å². The van der Waals surface area contributed by atoms with Crippen molar-refractivity contribution in [2.24, 2.45) is 5.41 Å². The highest BCUT2D eigenvalue weighted by atomic mass is 16.6. The summed E-state index contributed by atoms with van der Waals surface area (Å²) in [5.74, 6) is 0. The lowest BCUT2D eigenvalue weighted by Gasteiger charge is -2.28. The first-order valence-electron chi connectivity index (χ1n) is 3.77. The SMILES string of the molecule is CC(C)(CCO)C1(C)CO1. The van der Waals surface area contributed by atoms with Gasteiger partial charge < -0.3 is 9.84 Å². The molecule has 0 aliphatic carbocycles. The third-order valence-electron chi connectivity index (χ3n) is 2.75. The quantitative estimate of drug-likeness (QED) is 0.603. The second-order valence-electron chi connectivity index (χ2n) is 3.88. The molecule has 1 unspecified atom stereocenters. The van der Waals surface area contributed by atoms with E-state index in [2.05, 4.69) is 20.8 Å². The van der Waals surface area contributed by atoms with Gasteiger partial charge in [-0.2, -0.15) is 0 Å². The van der Waals surface area contributed by atoms with Crippen molar-refractivity contribution < 1.29 is 9.84 Å². The zero-order valence-corrected chi connectivity index (χ0v) is 6.98. The van der Waals surface area contributed by atoms with Crippen LogP contribution in [0.2, 0.25) is 0 Å². The van der Waals surface area contributed by atoms with Crippen molar-refractivity contribution in [2.75, 3.05) is 13.2 Å². The Hall–Kier alpha value is -0.0800. The summed E-state index contributed by atoms with van der Waals surface area (Å²) in [7, 11) is 0. The van der Waals surface area contributed by atoms with Crippen LogP contribution >= 0.6 is 0 Å². The van der Waals surface area contributed by atoms with Gasteiger partial charge in [0, 0.05) is 6.61 Å². The fourth-order valence-corrected chi connectivity index (χ4v) is 1.04. The smallest absolute Gasteiger partial charge is 0.0939 e. The molecule has 1 aliphatic heterocycles. The van der Waals surface area contributed by atoms with Crippen LogP contribution in [0.1, 0.15) is 27.2 Å². The first-order valence-corrected chi connectivity index (χ1v) is 3.77. The van der Waals surface area contributed by atoms with Crippen LogP contribution in [-0.4, -0.2) is 23.9 Å². The Bertz CT molecular complexity index is 125. The molecule has 0 aromatic heterocycles. The number of epoxide rings is 1. The zero-order chi connectivity index (χ0) is 7.83. The third kappa shape index (κ3) is 1.18. The Morgan fingerprint density at radius 1 is 1.60 bits per heavy atom. The van der Waals surface area contributed by atoms with Crippen molar-refractivity contribution in [3.63, 3.8) is 0 Å². The molecule has 10 heavy (non-hydrogen) atoms. The van der Waals surface area contributed by atoms with Gasteiger partial charge in [0.05, 0.1) is 12.2 Å². The van der Waals surface area contributed by atoms with Crippen LogP contribution in [0.4, 0.5) is 0 Å². The molecule has 1 heterocycles. The van der Waals surface area contributed by atoms with E-state index in [1.54, 1.807) is 0 Å². The molecule has 0 amide bonds. The highest BCUT2D eigenvalue weighted by molar-refractivity contribution is 4.99. The van der Waals surface area contributed by atoms with E-state index in [1.165, 1.54) is 0 Å². The Morgan fingerprint density at radius 3 is 2.40 bits per heavy atom. The van der Waals surface area contributed by atoms with Crippen LogP contribution in [0.25, 0.3) is 0 Å². The van der Waals surface area contributed by atoms with E-state index in [4.69, 9.17) is 9.84 Å². The zero-order valence-electron chi connectivity index (χ0n) is 6.98. The minimum atomic E-state index is 0.0374. The van der Waals surface area contributed by atoms with E-state index >= 15 is 0 Å². The molecule has 60 valence electrons. The van der Waals surface area contributed by atoms with Crippen molar-refractivity contribution in [3.05, 3.63) is 0 Å². The number of hydrogen-bond acceptors (Lipinski definition) is 2. The lowest BCUT2D eigenvalue weighted by atomic mass is 9.77. The maximum atomic E-state index is 8.74. The lowest BCUT2D eigenvalue weighted by molar-refractivity contribution is 0.113. The summed E-state index contributed by atoms with van der Waals surface area (Å²) in [6.45, 7) is 7.47. The van der Waals surface area contributed by atoms with E-state index in [-0.39, 0.29) is 17.6 Å². The van der Waals surface area contributed by atoms with E-state index < -0.39 is 0 Å². The van der Waals surface area contributed by atoms with Gasteiger partial charge in [-0.25, -0.2) is 0 Å². The highest BCUT2D eigenvalue weighted by Crippen LogP contribution is 2.45. The summed E-state index contributed by atoms with van der Waals surface area (Å²) in [5.41, 5.74) is 0.164. The van der Waals surface area contributed by atoms with E-state index in [9.17, 15) is 0 Å². The molecule has 0 radical (unpaired) electrons. The van der Waals surface area contributed by atoms with Crippen LogP contribution in [0.3, 0.4) is 0 Å². The van der Waals surface area contributed by atoms with Crippen LogP contribution < -0.4 is 0 Å². The number of aliphatic hydroxyl groups excluding tert-OH is 1. The van der Waals surface area contributed by atoms with Crippen LogP contribution in [0.5, 0.6) is 0 Å². The van der Waals surface area contributed by atoms with Crippen molar-refractivity contribution in [2.45, 2.75) is 32.8 Å². The van der Waals surface area contributed by atoms with Crippen molar-refractivity contribution >= 4 is 0 Å². The predicted molar refractivity (Wildman–Crippen MR) is 39.8 cm³/mol. The second kappa shape index (κ2) is 2.21. The first-order chi connectivity index (χ1) is 4.52. The predicted octanol–water partition coefficient (Wildman–Crippen LogP) is 1.18. The molecule has 0 aromatic rings. The van der Waals surface area contributed by atoms with Gasteiger partial charge >= 0.3 is 0 Å². The molecule has 0 spiro atoms. The summed E-state index contributed by atoms with van der Waals surface area (Å²) < 4.78 is 5.30. The fraction of sp³-hybridized carbons (Fsp3) is 1.00. The largest absolute Gasteiger partial charge is 0.396 e. The molecule has 2 nitrogen and oxygen atoms in total. The second-order valence-corrected chi connectivity index (χ2v) is 3.88. The van der Waals surface area contributed by atoms with Gasteiger partial charge in [0.15, 0.2) is 0 Å². The Balaban J connectivity index is 2.50. The topological polar surface area (TPSA) is 32.8 Å². The van der Waals surface area contributed by atoms with Crippen molar-refractivity contribution in [1.29, 1.82) is 0 Å². The van der Waals surface area contributed by atoms with Gasteiger partial charge in [0.25, 0.3) is 0 Å². The molecule has 0 saturated carbocycles. The van der Waals surface area contributed by atoms with Crippen LogP contribution in [0, 0.1) is 5.41 Å². The van der Waals surface area contributed by atoms with Gasteiger partial charge in [0.2, 0.25) is 0 Å². The standard InChI is InChI=1S/C8H16O2/c1-7(2,4-5-9)8(3)6-10-8/h9H,4-6H2,1-3H3. The Kier molecular flexibility index (Phi) is 1.77. The van der Waals surface area contributed by atoms with Gasteiger partial charge in [-0.3, -0.25) is 0 Å². The summed E-state index contributed by atoms with van der Waals surface area (Å²) in [6, 6.07) is 0. The highest BCUT2D eigenvalue weighted by Gasteiger charge is 2.51.